The molecule has 3 N–H and O–H groups in total. The molecule has 0 aliphatic heterocycles. The van der Waals surface area contributed by atoms with E-state index in [1.165, 1.54) is 0 Å². The summed E-state index contributed by atoms with van der Waals surface area (Å²) in [7, 11) is -1.26. The van der Waals surface area contributed by atoms with Gasteiger partial charge in [0.25, 0.3) is 0 Å². The van der Waals surface area contributed by atoms with Crippen molar-refractivity contribution in [3.05, 3.63) is 0 Å². The van der Waals surface area contributed by atoms with Crippen LogP contribution < -0.4 is 5.73 Å². The van der Waals surface area contributed by atoms with E-state index in [0.717, 1.165) is 25.4 Å². The van der Waals surface area contributed by atoms with Crippen LogP contribution in [0, 0.1) is 0 Å². The third-order valence-electron chi connectivity index (χ3n) is 1.08. The molecule has 8 heavy (non-hydrogen) atoms. The van der Waals surface area contributed by atoms with Crippen molar-refractivity contribution in [1.82, 2.24) is 0 Å². The molecule has 0 aromatic carbocycles. The van der Waals surface area contributed by atoms with Gasteiger partial charge in [-0.15, -0.1) is 0 Å². The normalized spacial score (nSPS) is 13.9. The summed E-state index contributed by atoms with van der Waals surface area (Å²) in [6, 6.07) is 1.02. The topological polar surface area (TPSA) is 46.2 Å². The maximum absolute atomic E-state index is 8.88. The van der Waals surface area contributed by atoms with Gasteiger partial charge in [0, 0.05) is 0 Å². The van der Waals surface area contributed by atoms with Crippen LogP contribution >= 0.6 is 0 Å². The molecule has 0 saturated carbocycles. The minimum atomic E-state index is -1.26. The summed E-state index contributed by atoms with van der Waals surface area (Å²) >= 11 is 0. The molecule has 0 spiro atoms. The second-order valence-corrected chi connectivity index (χ2v) is 4.41. The average Bonchev–Trinajstić information content (AvgIpc) is 1.66. The maximum Gasteiger partial charge on any atom is 0.169 e. The molecular formula is C5H15NOSi. The van der Waals surface area contributed by atoms with Gasteiger partial charge in [0.15, 0.2) is 9.04 Å². The van der Waals surface area contributed by atoms with Gasteiger partial charge in [-0.2, -0.15) is 0 Å². The van der Waals surface area contributed by atoms with Crippen molar-refractivity contribution in [2.75, 3.05) is 6.54 Å². The lowest BCUT2D eigenvalue weighted by Crippen LogP contribution is -2.06. The second kappa shape index (κ2) is 5.28. The first kappa shape index (κ1) is 8.14. The molecule has 0 fully saturated rings. The average molecular weight is 133 g/mol. The highest BCUT2D eigenvalue weighted by atomic mass is 28.3. The zero-order valence-electron chi connectivity index (χ0n) is 5.43. The molecule has 0 heterocycles. The summed E-state index contributed by atoms with van der Waals surface area (Å²) in [5, 5.41) is 0. The minimum absolute atomic E-state index is 0.765. The summed E-state index contributed by atoms with van der Waals surface area (Å²) in [6.07, 6.45) is 2.18. The van der Waals surface area contributed by atoms with Crippen molar-refractivity contribution in [3.63, 3.8) is 0 Å². The van der Waals surface area contributed by atoms with Crippen molar-refractivity contribution >= 4 is 9.04 Å². The van der Waals surface area contributed by atoms with Crippen molar-refractivity contribution in [2.24, 2.45) is 5.73 Å². The van der Waals surface area contributed by atoms with Crippen LogP contribution in [-0.4, -0.2) is 20.4 Å². The molecule has 0 radical (unpaired) electrons. The molecule has 0 aromatic rings. The first-order valence-corrected chi connectivity index (χ1v) is 5.64. The zero-order chi connectivity index (χ0) is 6.41. The first-order chi connectivity index (χ1) is 3.77. The fraction of sp³-hybridized carbons (Fsp3) is 1.00. The Hall–Kier alpha value is 0.137. The molecule has 2 nitrogen and oxygen atoms in total. The Labute approximate surface area is 52.4 Å². The largest absolute Gasteiger partial charge is 0.435 e. The molecule has 0 aromatic heterocycles. The monoisotopic (exact) mass is 133 g/mol. The minimum Gasteiger partial charge on any atom is -0.435 e. The molecule has 0 bridgehead atoms. The van der Waals surface area contributed by atoms with Crippen LogP contribution in [0.1, 0.15) is 12.8 Å². The Morgan fingerprint density at radius 2 is 2.12 bits per heavy atom. The summed E-state index contributed by atoms with van der Waals surface area (Å²) in [6.45, 7) is 2.71. The van der Waals surface area contributed by atoms with Gasteiger partial charge in [0.2, 0.25) is 0 Å². The van der Waals surface area contributed by atoms with E-state index in [1.54, 1.807) is 0 Å². The van der Waals surface area contributed by atoms with Crippen LogP contribution in [0.15, 0.2) is 0 Å². The van der Waals surface area contributed by atoms with E-state index in [0.29, 0.717) is 0 Å². The van der Waals surface area contributed by atoms with Gasteiger partial charge in [-0.25, -0.2) is 0 Å². The van der Waals surface area contributed by atoms with Crippen molar-refractivity contribution in [1.29, 1.82) is 0 Å². The Morgan fingerprint density at radius 1 is 1.50 bits per heavy atom. The molecule has 0 aliphatic rings. The lowest BCUT2D eigenvalue weighted by atomic mass is 10.3. The van der Waals surface area contributed by atoms with E-state index in [9.17, 15) is 0 Å². The van der Waals surface area contributed by atoms with E-state index < -0.39 is 9.04 Å². The van der Waals surface area contributed by atoms with E-state index in [2.05, 4.69) is 0 Å². The Kier molecular flexibility index (Phi) is 5.37. The van der Waals surface area contributed by atoms with Gasteiger partial charge in [-0.05, 0) is 25.6 Å². The SMILES string of the molecule is C[SiH](O)CCCCN. The number of unbranched alkanes of at least 4 members (excludes halogenated alkanes) is 1. The van der Waals surface area contributed by atoms with Crippen LogP contribution in [0.2, 0.25) is 12.6 Å². The predicted octanol–water partition coefficient (Wildman–Crippen LogP) is 0.0712. The third kappa shape index (κ3) is 6.14. The van der Waals surface area contributed by atoms with E-state index in [1.807, 2.05) is 6.55 Å². The quantitative estimate of drug-likeness (QED) is 0.421. The molecule has 0 rings (SSSR count). The number of hydrogen-bond donors (Lipinski definition) is 2. The first-order valence-electron chi connectivity index (χ1n) is 3.15. The molecule has 0 aliphatic carbocycles. The summed E-state index contributed by atoms with van der Waals surface area (Å²) in [5.74, 6) is 0. The third-order valence-corrected chi connectivity index (χ3v) is 2.32. The zero-order valence-corrected chi connectivity index (χ0v) is 6.59. The van der Waals surface area contributed by atoms with Crippen molar-refractivity contribution < 1.29 is 4.80 Å². The van der Waals surface area contributed by atoms with Gasteiger partial charge < -0.3 is 10.5 Å². The van der Waals surface area contributed by atoms with Crippen molar-refractivity contribution in [3.8, 4) is 0 Å². The van der Waals surface area contributed by atoms with Crippen LogP contribution in [0.5, 0.6) is 0 Å². The highest BCUT2D eigenvalue weighted by Crippen LogP contribution is 1.96. The number of nitrogens with two attached hydrogens (primary N) is 1. The predicted molar refractivity (Wildman–Crippen MR) is 38.3 cm³/mol. The standard InChI is InChI=1S/C5H15NOSi/c1-8(7)5-3-2-4-6/h7-8H,2-6H2,1H3. The van der Waals surface area contributed by atoms with E-state index in [-0.39, 0.29) is 0 Å². The number of rotatable bonds is 4. The van der Waals surface area contributed by atoms with Gasteiger partial charge in [-0.1, -0.05) is 6.42 Å². The molecule has 0 amide bonds. The van der Waals surface area contributed by atoms with Gasteiger partial charge in [-0.3, -0.25) is 0 Å². The molecule has 3 heteroatoms. The van der Waals surface area contributed by atoms with Crippen LogP contribution in [0.25, 0.3) is 0 Å². The highest BCUT2D eigenvalue weighted by molar-refractivity contribution is 6.48. The Morgan fingerprint density at radius 3 is 2.50 bits per heavy atom. The lowest BCUT2D eigenvalue weighted by Gasteiger charge is -1.98. The summed E-state index contributed by atoms with van der Waals surface area (Å²) in [5.41, 5.74) is 5.25. The van der Waals surface area contributed by atoms with Gasteiger partial charge in [0.1, 0.15) is 0 Å². The van der Waals surface area contributed by atoms with Crippen LogP contribution in [0.4, 0.5) is 0 Å². The van der Waals surface area contributed by atoms with Crippen LogP contribution in [-0.2, 0) is 0 Å². The maximum atomic E-state index is 8.88. The smallest absolute Gasteiger partial charge is 0.169 e. The summed E-state index contributed by atoms with van der Waals surface area (Å²) < 4.78 is 0. The van der Waals surface area contributed by atoms with Gasteiger partial charge in [0.05, 0.1) is 0 Å². The summed E-state index contributed by atoms with van der Waals surface area (Å²) in [4.78, 5) is 8.88. The molecule has 0 saturated heterocycles. The van der Waals surface area contributed by atoms with Gasteiger partial charge >= 0.3 is 0 Å². The Bertz CT molecular complexity index is 49.7. The number of hydrogen-bond acceptors (Lipinski definition) is 2. The second-order valence-electron chi connectivity index (χ2n) is 2.13. The van der Waals surface area contributed by atoms with E-state index >= 15 is 0 Å². The van der Waals surface area contributed by atoms with Crippen LogP contribution in [0.3, 0.4) is 0 Å². The van der Waals surface area contributed by atoms with E-state index in [4.69, 9.17) is 10.5 Å². The fourth-order valence-electron chi connectivity index (χ4n) is 0.584. The molecular weight excluding hydrogens is 118 g/mol. The molecule has 1 atom stereocenters. The molecule has 50 valence electrons. The molecule has 1 unspecified atom stereocenters. The Balaban J connectivity index is 2.72. The highest BCUT2D eigenvalue weighted by Gasteiger charge is 1.95. The fourth-order valence-corrected chi connectivity index (χ4v) is 1.46. The lowest BCUT2D eigenvalue weighted by molar-refractivity contribution is 0.570. The van der Waals surface area contributed by atoms with Crippen molar-refractivity contribution in [2.45, 2.75) is 25.4 Å².